The Bertz CT molecular complexity index is 682. The molecular formula is C21H30N4O2. The molecule has 0 aliphatic carbocycles. The number of pyridine rings is 1. The van der Waals surface area contributed by atoms with Crippen molar-refractivity contribution in [2.24, 2.45) is 5.92 Å². The van der Waals surface area contributed by atoms with Crippen molar-refractivity contribution in [2.45, 2.75) is 51.5 Å². The van der Waals surface area contributed by atoms with Crippen molar-refractivity contribution in [3.8, 4) is 0 Å². The number of carbonyl (C=O) groups excluding carboxylic acids is 2. The van der Waals surface area contributed by atoms with E-state index >= 15 is 0 Å². The Hall–Kier alpha value is -2.11. The highest BCUT2D eigenvalue weighted by Gasteiger charge is 2.28. The van der Waals surface area contributed by atoms with Gasteiger partial charge in [0, 0.05) is 51.4 Å². The molecule has 3 aliphatic rings. The summed E-state index contributed by atoms with van der Waals surface area (Å²) in [7, 11) is 0. The van der Waals surface area contributed by atoms with E-state index in [1.165, 1.54) is 12.8 Å². The second-order valence-corrected chi connectivity index (χ2v) is 8.27. The van der Waals surface area contributed by atoms with Gasteiger partial charge in [0.25, 0.3) is 5.91 Å². The van der Waals surface area contributed by atoms with Crippen LogP contribution in [-0.4, -0.2) is 65.4 Å². The zero-order valence-corrected chi connectivity index (χ0v) is 16.3. The molecule has 0 saturated carbocycles. The van der Waals surface area contributed by atoms with Crippen molar-refractivity contribution < 1.29 is 9.59 Å². The van der Waals surface area contributed by atoms with Gasteiger partial charge < -0.3 is 14.7 Å². The molecule has 3 fully saturated rings. The summed E-state index contributed by atoms with van der Waals surface area (Å²) < 4.78 is 0. The zero-order valence-electron chi connectivity index (χ0n) is 16.3. The van der Waals surface area contributed by atoms with Crippen LogP contribution in [0.3, 0.4) is 0 Å². The Balaban J connectivity index is 1.30. The van der Waals surface area contributed by atoms with Gasteiger partial charge in [-0.25, -0.2) is 4.98 Å². The van der Waals surface area contributed by atoms with Crippen molar-refractivity contribution in [3.63, 3.8) is 0 Å². The fraction of sp³-hybridized carbons (Fsp3) is 0.667. The summed E-state index contributed by atoms with van der Waals surface area (Å²) in [6.07, 6.45) is 7.81. The summed E-state index contributed by atoms with van der Waals surface area (Å²) in [5, 5.41) is 0. The molecule has 0 spiro atoms. The third kappa shape index (κ3) is 3.94. The van der Waals surface area contributed by atoms with Crippen LogP contribution in [0.4, 0.5) is 5.82 Å². The molecular weight excluding hydrogens is 340 g/mol. The van der Waals surface area contributed by atoms with Gasteiger partial charge in [0.2, 0.25) is 5.91 Å². The van der Waals surface area contributed by atoms with E-state index < -0.39 is 0 Å². The van der Waals surface area contributed by atoms with E-state index in [0.29, 0.717) is 29.9 Å². The Morgan fingerprint density at radius 3 is 2.52 bits per heavy atom. The van der Waals surface area contributed by atoms with E-state index in [-0.39, 0.29) is 5.91 Å². The highest BCUT2D eigenvalue weighted by atomic mass is 16.2. The number of hydrogen-bond donors (Lipinski definition) is 0. The van der Waals surface area contributed by atoms with Crippen molar-refractivity contribution in [1.29, 1.82) is 0 Å². The Morgan fingerprint density at radius 2 is 1.93 bits per heavy atom. The van der Waals surface area contributed by atoms with Gasteiger partial charge in [0.15, 0.2) is 0 Å². The van der Waals surface area contributed by atoms with Gasteiger partial charge in [0.1, 0.15) is 5.82 Å². The lowest BCUT2D eigenvalue weighted by Crippen LogP contribution is -2.42. The quantitative estimate of drug-likeness (QED) is 0.817. The summed E-state index contributed by atoms with van der Waals surface area (Å²) in [4.78, 5) is 35.4. The normalized spacial score (nSPS) is 24.1. The number of aromatic nitrogens is 1. The van der Waals surface area contributed by atoms with Crippen LogP contribution in [0, 0.1) is 5.92 Å². The van der Waals surface area contributed by atoms with E-state index in [1.807, 2.05) is 21.9 Å². The van der Waals surface area contributed by atoms with Crippen LogP contribution in [0.5, 0.6) is 0 Å². The Morgan fingerprint density at radius 1 is 1.11 bits per heavy atom. The molecule has 1 atom stereocenters. The highest BCUT2D eigenvalue weighted by molar-refractivity contribution is 5.94. The number of anilines is 1. The molecule has 1 aromatic rings. The average molecular weight is 370 g/mol. The molecule has 27 heavy (non-hydrogen) atoms. The molecule has 1 unspecified atom stereocenters. The van der Waals surface area contributed by atoms with Gasteiger partial charge in [-0.1, -0.05) is 0 Å². The number of likely N-dealkylation sites (tertiary alicyclic amines) is 2. The fourth-order valence-electron chi connectivity index (χ4n) is 4.67. The Kier molecular flexibility index (Phi) is 5.32. The summed E-state index contributed by atoms with van der Waals surface area (Å²) in [6, 6.07) is 4.44. The first kappa shape index (κ1) is 18.3. The van der Waals surface area contributed by atoms with Crippen LogP contribution in [0.25, 0.3) is 0 Å². The van der Waals surface area contributed by atoms with E-state index in [2.05, 4.69) is 16.8 Å². The predicted octanol–water partition coefficient (Wildman–Crippen LogP) is 2.54. The van der Waals surface area contributed by atoms with E-state index in [9.17, 15) is 9.59 Å². The summed E-state index contributed by atoms with van der Waals surface area (Å²) in [6.45, 7) is 6.60. The molecule has 0 bridgehead atoms. The molecule has 2 amide bonds. The number of nitrogens with zero attached hydrogens (tertiary/aromatic N) is 4. The van der Waals surface area contributed by atoms with E-state index in [1.54, 1.807) is 6.20 Å². The molecule has 6 heteroatoms. The van der Waals surface area contributed by atoms with Crippen LogP contribution in [0.15, 0.2) is 18.3 Å². The van der Waals surface area contributed by atoms with Gasteiger partial charge in [-0.15, -0.1) is 0 Å². The monoisotopic (exact) mass is 370 g/mol. The van der Waals surface area contributed by atoms with Gasteiger partial charge in [-0.3, -0.25) is 9.59 Å². The third-order valence-electron chi connectivity index (χ3n) is 6.39. The first-order valence-corrected chi connectivity index (χ1v) is 10.4. The molecule has 3 saturated heterocycles. The molecule has 0 aromatic carbocycles. The van der Waals surface area contributed by atoms with Gasteiger partial charge in [0.05, 0.1) is 5.56 Å². The summed E-state index contributed by atoms with van der Waals surface area (Å²) >= 11 is 0. The van der Waals surface area contributed by atoms with E-state index in [4.69, 9.17) is 0 Å². The molecule has 4 heterocycles. The number of rotatable bonds is 4. The maximum atomic E-state index is 12.8. The van der Waals surface area contributed by atoms with Crippen LogP contribution in [0.1, 0.15) is 55.8 Å². The first-order valence-electron chi connectivity index (χ1n) is 10.4. The van der Waals surface area contributed by atoms with E-state index in [0.717, 1.165) is 57.8 Å². The predicted molar refractivity (Wildman–Crippen MR) is 105 cm³/mol. The minimum atomic E-state index is 0.0826. The lowest BCUT2D eigenvalue weighted by Gasteiger charge is -2.34. The molecule has 4 rings (SSSR count). The SMILES string of the molecule is CC1CCCN1c1ccc(C(=O)N2CCC(CN3CCCC3=O)CC2)cn1. The topological polar surface area (TPSA) is 56.8 Å². The average Bonchev–Trinajstić information content (AvgIpc) is 3.30. The highest BCUT2D eigenvalue weighted by Crippen LogP contribution is 2.25. The lowest BCUT2D eigenvalue weighted by molar-refractivity contribution is -0.128. The minimum absolute atomic E-state index is 0.0826. The number of amides is 2. The van der Waals surface area contributed by atoms with Crippen LogP contribution in [-0.2, 0) is 4.79 Å². The number of carbonyl (C=O) groups is 2. The summed E-state index contributed by atoms with van der Waals surface area (Å²) in [5.74, 6) is 1.88. The molecule has 6 nitrogen and oxygen atoms in total. The zero-order chi connectivity index (χ0) is 18.8. The summed E-state index contributed by atoms with van der Waals surface area (Å²) in [5.41, 5.74) is 0.679. The number of piperidine rings is 1. The van der Waals surface area contributed by atoms with Gasteiger partial charge in [-0.05, 0) is 57.1 Å². The van der Waals surface area contributed by atoms with Crippen molar-refractivity contribution >= 4 is 17.6 Å². The molecule has 0 N–H and O–H groups in total. The second-order valence-electron chi connectivity index (χ2n) is 8.27. The third-order valence-corrected chi connectivity index (χ3v) is 6.39. The fourth-order valence-corrected chi connectivity index (χ4v) is 4.67. The van der Waals surface area contributed by atoms with Crippen molar-refractivity contribution in [1.82, 2.24) is 14.8 Å². The van der Waals surface area contributed by atoms with Crippen LogP contribution in [0.2, 0.25) is 0 Å². The van der Waals surface area contributed by atoms with Crippen molar-refractivity contribution in [2.75, 3.05) is 37.6 Å². The Labute approximate surface area is 161 Å². The number of hydrogen-bond acceptors (Lipinski definition) is 4. The van der Waals surface area contributed by atoms with Crippen molar-refractivity contribution in [3.05, 3.63) is 23.9 Å². The first-order chi connectivity index (χ1) is 13.1. The largest absolute Gasteiger partial charge is 0.354 e. The second kappa shape index (κ2) is 7.87. The molecule has 146 valence electrons. The van der Waals surface area contributed by atoms with Crippen LogP contribution < -0.4 is 4.90 Å². The minimum Gasteiger partial charge on any atom is -0.354 e. The lowest BCUT2D eigenvalue weighted by atomic mass is 9.96. The van der Waals surface area contributed by atoms with Gasteiger partial charge in [-0.2, -0.15) is 0 Å². The maximum Gasteiger partial charge on any atom is 0.255 e. The molecule has 3 aliphatic heterocycles. The van der Waals surface area contributed by atoms with Crippen LogP contribution >= 0.6 is 0 Å². The smallest absolute Gasteiger partial charge is 0.255 e. The standard InChI is InChI=1S/C21H30N4O2/c1-16-4-2-11-25(16)19-7-6-18(14-22-19)21(27)23-12-8-17(9-13-23)15-24-10-3-5-20(24)26/h6-7,14,16-17H,2-5,8-13,15H2,1H3. The van der Waals surface area contributed by atoms with Gasteiger partial charge >= 0.3 is 0 Å². The molecule has 0 radical (unpaired) electrons. The molecule has 1 aromatic heterocycles. The maximum absolute atomic E-state index is 12.8.